The van der Waals surface area contributed by atoms with Crippen LogP contribution >= 0.6 is 23.5 Å². The third-order valence-corrected chi connectivity index (χ3v) is 16.9. The van der Waals surface area contributed by atoms with E-state index >= 15 is 0 Å². The van der Waals surface area contributed by atoms with Crippen LogP contribution in [0.25, 0.3) is 11.1 Å². The smallest absolute Gasteiger partial charge is 0.184 e. The molecule has 7 aromatic rings. The first-order chi connectivity index (χ1) is 24.9. The zero-order chi connectivity index (χ0) is 34.6. The van der Waals surface area contributed by atoms with Gasteiger partial charge in [-0.2, -0.15) is 0 Å². The van der Waals surface area contributed by atoms with Crippen molar-refractivity contribution in [3.05, 3.63) is 169 Å². The lowest BCUT2D eigenvalue weighted by Gasteiger charge is -2.38. The fraction of sp³-hybridized carbons (Fsp3) is 0.0870. The average molecular weight is 713 g/mol. The van der Waals surface area contributed by atoms with Crippen molar-refractivity contribution in [3.8, 4) is 34.1 Å². The normalized spacial score (nSPS) is 13.2. The lowest BCUT2D eigenvalue weighted by molar-refractivity contribution is 0.456. The van der Waals surface area contributed by atoms with E-state index in [1.165, 1.54) is 31.9 Å². The van der Waals surface area contributed by atoms with Crippen molar-refractivity contribution in [2.75, 3.05) is 0 Å². The SMILES string of the molecule is CC(C)(C)c1cc([Si](c2ccccc2)(c2ccccc2)c2cccc3c2Oc2ccccc2S3)ccc1-c1cccc2c1Oc1ccccc1S2. The molecule has 0 fully saturated rings. The molecule has 0 aliphatic carbocycles. The molecule has 7 aromatic carbocycles. The van der Waals surface area contributed by atoms with Crippen molar-refractivity contribution in [2.24, 2.45) is 0 Å². The molecule has 51 heavy (non-hydrogen) atoms. The van der Waals surface area contributed by atoms with Gasteiger partial charge in [-0.05, 0) is 73.7 Å². The van der Waals surface area contributed by atoms with Crippen LogP contribution in [-0.2, 0) is 5.41 Å². The molecule has 0 atom stereocenters. The Balaban J connectivity index is 1.32. The summed E-state index contributed by atoms with van der Waals surface area (Å²) in [7, 11) is -2.98. The number of rotatable bonds is 5. The number of hydrogen-bond acceptors (Lipinski definition) is 4. The minimum atomic E-state index is -2.98. The molecule has 0 amide bonds. The second kappa shape index (κ2) is 12.7. The van der Waals surface area contributed by atoms with Gasteiger partial charge in [-0.15, -0.1) is 0 Å². The Bertz CT molecular complexity index is 2380. The zero-order valence-corrected chi connectivity index (χ0v) is 31.4. The van der Waals surface area contributed by atoms with E-state index < -0.39 is 8.07 Å². The van der Waals surface area contributed by atoms with Crippen LogP contribution in [-0.4, -0.2) is 8.07 Å². The monoisotopic (exact) mass is 712 g/mol. The third kappa shape index (κ3) is 5.43. The van der Waals surface area contributed by atoms with Gasteiger partial charge in [-0.25, -0.2) is 0 Å². The van der Waals surface area contributed by atoms with E-state index in [-0.39, 0.29) is 5.41 Å². The van der Waals surface area contributed by atoms with E-state index in [0.29, 0.717) is 0 Å². The van der Waals surface area contributed by atoms with Gasteiger partial charge in [-0.1, -0.05) is 172 Å². The molecule has 2 aliphatic heterocycles. The molecule has 9 rings (SSSR count). The van der Waals surface area contributed by atoms with Crippen LogP contribution in [0.2, 0.25) is 0 Å². The summed E-state index contributed by atoms with van der Waals surface area (Å²) < 4.78 is 13.7. The molecule has 2 aliphatic rings. The lowest BCUT2D eigenvalue weighted by Crippen LogP contribution is -2.75. The highest BCUT2D eigenvalue weighted by Crippen LogP contribution is 2.52. The van der Waals surface area contributed by atoms with Crippen molar-refractivity contribution in [1.82, 2.24) is 0 Å². The van der Waals surface area contributed by atoms with Crippen LogP contribution in [0.3, 0.4) is 0 Å². The molecule has 2 nitrogen and oxygen atoms in total. The van der Waals surface area contributed by atoms with Crippen LogP contribution in [0, 0.1) is 0 Å². The maximum absolute atomic E-state index is 6.96. The standard InChI is InChI=1S/C46H36O2S2Si/c1-46(2,3)36-30-33(28-29-34(36)35-20-14-25-41-44(35)47-37-21-10-12-23-39(37)49-41)51(31-16-6-4-7-17-31,32-18-8-5-9-19-32)43-27-15-26-42-45(43)48-38-22-11-13-24-40(38)50-42/h4-30H,1-3H3. The highest BCUT2D eigenvalue weighted by Gasteiger charge is 2.45. The van der Waals surface area contributed by atoms with E-state index in [1.54, 1.807) is 23.5 Å². The fourth-order valence-electron chi connectivity index (χ4n) is 7.58. The molecular weight excluding hydrogens is 677 g/mol. The molecular formula is C46H36O2S2Si. The highest BCUT2D eigenvalue weighted by atomic mass is 32.2. The van der Waals surface area contributed by atoms with E-state index in [2.05, 4.69) is 178 Å². The topological polar surface area (TPSA) is 18.5 Å². The van der Waals surface area contributed by atoms with Crippen molar-refractivity contribution >= 4 is 52.3 Å². The van der Waals surface area contributed by atoms with Gasteiger partial charge in [0.1, 0.15) is 23.0 Å². The van der Waals surface area contributed by atoms with Crippen molar-refractivity contribution in [3.63, 3.8) is 0 Å². The Morgan fingerprint density at radius 2 is 0.941 bits per heavy atom. The second-order valence-corrected chi connectivity index (χ2v) is 20.0. The van der Waals surface area contributed by atoms with Gasteiger partial charge in [0.25, 0.3) is 0 Å². The highest BCUT2D eigenvalue weighted by molar-refractivity contribution is 8.00. The number of hydrogen-bond donors (Lipinski definition) is 0. The molecule has 0 radical (unpaired) electrons. The van der Waals surface area contributed by atoms with Crippen molar-refractivity contribution in [2.45, 2.75) is 45.8 Å². The molecule has 0 N–H and O–H groups in total. The predicted molar refractivity (Wildman–Crippen MR) is 215 cm³/mol. The van der Waals surface area contributed by atoms with Crippen molar-refractivity contribution in [1.29, 1.82) is 0 Å². The molecule has 0 unspecified atom stereocenters. The predicted octanol–water partition coefficient (Wildman–Crippen LogP) is 10.5. The van der Waals surface area contributed by atoms with Crippen LogP contribution in [0.15, 0.2) is 183 Å². The molecule has 0 saturated carbocycles. The van der Waals surface area contributed by atoms with E-state index in [1.807, 2.05) is 6.07 Å². The molecule has 0 saturated heterocycles. The van der Waals surface area contributed by atoms with Gasteiger partial charge in [-0.3, -0.25) is 0 Å². The summed E-state index contributed by atoms with van der Waals surface area (Å²) in [5, 5.41) is 5.21. The Hall–Kier alpha value is -4.94. The quantitative estimate of drug-likeness (QED) is 0.131. The number of ether oxygens (including phenoxy) is 2. The fourth-order valence-corrected chi connectivity index (χ4v) is 14.5. The van der Waals surface area contributed by atoms with E-state index in [9.17, 15) is 0 Å². The first kappa shape index (κ1) is 32.0. The minimum absolute atomic E-state index is 0.164. The number of fused-ring (bicyclic) bond motifs is 4. The molecule has 0 aromatic heterocycles. The minimum Gasteiger partial charge on any atom is -0.455 e. The van der Waals surface area contributed by atoms with Crippen LogP contribution in [0.5, 0.6) is 23.0 Å². The van der Waals surface area contributed by atoms with Gasteiger partial charge in [0, 0.05) is 5.56 Å². The molecule has 0 bridgehead atoms. The van der Waals surface area contributed by atoms with Crippen LogP contribution in [0.4, 0.5) is 0 Å². The summed E-state index contributed by atoms with van der Waals surface area (Å²) in [4.78, 5) is 4.57. The zero-order valence-electron chi connectivity index (χ0n) is 28.7. The molecule has 0 spiro atoms. The van der Waals surface area contributed by atoms with Gasteiger partial charge in [0.15, 0.2) is 8.07 Å². The number of para-hydroxylation sites is 4. The van der Waals surface area contributed by atoms with E-state index in [4.69, 9.17) is 9.47 Å². The Kier molecular flexibility index (Phi) is 7.95. The van der Waals surface area contributed by atoms with Gasteiger partial charge >= 0.3 is 0 Å². The molecule has 2 heterocycles. The summed E-state index contributed by atoms with van der Waals surface area (Å²) in [6.45, 7) is 6.97. The largest absolute Gasteiger partial charge is 0.455 e. The Morgan fingerprint density at radius 1 is 0.431 bits per heavy atom. The first-order valence-corrected chi connectivity index (χ1v) is 21.0. The second-order valence-electron chi connectivity index (χ2n) is 14.1. The van der Waals surface area contributed by atoms with Gasteiger partial charge in [0.05, 0.1) is 19.6 Å². The van der Waals surface area contributed by atoms with Crippen molar-refractivity contribution < 1.29 is 9.47 Å². The third-order valence-electron chi connectivity index (χ3n) is 9.89. The summed E-state index contributed by atoms with van der Waals surface area (Å²) in [5.74, 6) is 3.70. The Labute approximate surface area is 309 Å². The van der Waals surface area contributed by atoms with E-state index in [0.717, 1.165) is 48.1 Å². The summed E-state index contributed by atoms with van der Waals surface area (Å²) in [6.07, 6.45) is 0. The maximum atomic E-state index is 6.96. The summed E-state index contributed by atoms with van der Waals surface area (Å²) >= 11 is 3.57. The van der Waals surface area contributed by atoms with Crippen LogP contribution < -0.4 is 30.2 Å². The first-order valence-electron chi connectivity index (χ1n) is 17.3. The Morgan fingerprint density at radius 3 is 1.55 bits per heavy atom. The van der Waals surface area contributed by atoms with Gasteiger partial charge < -0.3 is 9.47 Å². The number of benzene rings is 7. The van der Waals surface area contributed by atoms with Gasteiger partial charge in [0.2, 0.25) is 0 Å². The van der Waals surface area contributed by atoms with Crippen LogP contribution in [0.1, 0.15) is 26.3 Å². The maximum Gasteiger partial charge on any atom is 0.184 e. The summed E-state index contributed by atoms with van der Waals surface area (Å²) in [5.41, 5.74) is 3.44. The lowest BCUT2D eigenvalue weighted by atomic mass is 9.81. The summed E-state index contributed by atoms with van der Waals surface area (Å²) in [6, 6.07) is 59.5. The molecule has 248 valence electrons. The average Bonchev–Trinajstić information content (AvgIpc) is 3.17. The molecule has 5 heteroatoms.